The molecule has 3 aromatic rings. The largest absolute Gasteiger partial charge is 0.461 e. The predicted molar refractivity (Wildman–Crippen MR) is 91.6 cm³/mol. The number of nitrogens with zero attached hydrogens (tertiary/aromatic N) is 1. The van der Waals surface area contributed by atoms with E-state index in [9.17, 15) is 4.79 Å². The highest BCUT2D eigenvalue weighted by atomic mass is 16.5. The summed E-state index contributed by atoms with van der Waals surface area (Å²) in [6, 6.07) is 12.6. The molecule has 1 aromatic heterocycles. The van der Waals surface area contributed by atoms with Crippen LogP contribution >= 0.6 is 0 Å². The van der Waals surface area contributed by atoms with Crippen molar-refractivity contribution in [1.82, 2.24) is 4.98 Å². The summed E-state index contributed by atoms with van der Waals surface area (Å²) in [5.74, 6) is -0.348. The van der Waals surface area contributed by atoms with Crippen LogP contribution in [0, 0.1) is 13.8 Å². The first-order chi connectivity index (χ1) is 11.1. The molecule has 2 aromatic carbocycles. The molecule has 0 saturated heterocycles. The average Bonchev–Trinajstić information content (AvgIpc) is 2.89. The Kier molecular flexibility index (Phi) is 2.98. The van der Waals surface area contributed by atoms with E-state index in [-0.39, 0.29) is 5.97 Å². The quantitative estimate of drug-likeness (QED) is 0.505. The van der Waals surface area contributed by atoms with Gasteiger partial charge in [-0.1, -0.05) is 36.4 Å². The smallest absolute Gasteiger partial charge is 0.357 e. The molecule has 0 aliphatic heterocycles. The first-order valence-corrected chi connectivity index (χ1v) is 7.84. The molecule has 0 spiro atoms. The maximum atomic E-state index is 12.2. The number of hydrogen-bond acceptors (Lipinski definition) is 3. The molecular weight excluding hydrogens is 286 g/mol. The first-order valence-electron chi connectivity index (χ1n) is 7.84. The number of esters is 1. The third-order valence-electron chi connectivity index (χ3n) is 4.53. The minimum Gasteiger partial charge on any atom is -0.461 e. The van der Waals surface area contributed by atoms with Crippen molar-refractivity contribution in [3.63, 3.8) is 0 Å². The van der Waals surface area contributed by atoms with Gasteiger partial charge >= 0.3 is 5.97 Å². The summed E-state index contributed by atoms with van der Waals surface area (Å²) < 4.78 is 5.17. The van der Waals surface area contributed by atoms with Gasteiger partial charge in [-0.2, -0.15) is 0 Å². The Morgan fingerprint density at radius 2 is 1.70 bits per heavy atom. The number of carbonyl (C=O) groups excluding carboxylic acids is 1. The van der Waals surface area contributed by atoms with E-state index in [2.05, 4.69) is 41.4 Å². The van der Waals surface area contributed by atoms with Crippen LogP contribution in [0.1, 0.15) is 28.7 Å². The number of fused-ring (bicyclic) bond motifs is 3. The van der Waals surface area contributed by atoms with E-state index in [1.165, 1.54) is 21.9 Å². The highest BCUT2D eigenvalue weighted by molar-refractivity contribution is 6.17. The van der Waals surface area contributed by atoms with Crippen molar-refractivity contribution in [1.29, 1.82) is 0 Å². The Labute approximate surface area is 134 Å². The molecule has 1 aliphatic carbocycles. The Balaban J connectivity index is 2.09. The molecule has 0 bridgehead atoms. The number of aryl methyl sites for hydroxylation is 1. The maximum absolute atomic E-state index is 12.2. The van der Waals surface area contributed by atoms with Gasteiger partial charge in [0.15, 0.2) is 5.69 Å². The predicted octanol–water partition coefficient (Wildman–Crippen LogP) is 4.68. The van der Waals surface area contributed by atoms with Crippen LogP contribution < -0.4 is 0 Å². The second kappa shape index (κ2) is 4.92. The van der Waals surface area contributed by atoms with Crippen LogP contribution in [-0.2, 0) is 4.74 Å². The molecule has 3 heteroatoms. The summed E-state index contributed by atoms with van der Waals surface area (Å²) in [6.07, 6.45) is 0. The molecule has 0 fully saturated rings. The molecular formula is C20H17NO2. The zero-order chi connectivity index (χ0) is 16.1. The molecule has 0 radical (unpaired) electrons. The standard InChI is InChI=1S/C20H17NO2/c1-4-23-20(22)19-11(2)16-14-9-5-7-13-8-6-10-15(18(13)14)17(16)12(3)21-19/h5-10H,4H2,1-3H3. The van der Waals surface area contributed by atoms with Crippen LogP contribution in [0.15, 0.2) is 36.4 Å². The molecule has 0 unspecified atom stereocenters. The number of aromatic nitrogens is 1. The lowest BCUT2D eigenvalue weighted by molar-refractivity contribution is 0.0518. The van der Waals surface area contributed by atoms with Gasteiger partial charge in [-0.05, 0) is 53.8 Å². The Morgan fingerprint density at radius 1 is 1.04 bits per heavy atom. The van der Waals surface area contributed by atoms with Crippen molar-refractivity contribution in [3.05, 3.63) is 53.3 Å². The summed E-state index contributed by atoms with van der Waals surface area (Å²) in [5, 5.41) is 2.46. The number of benzene rings is 2. The Hall–Kier alpha value is -2.68. The van der Waals surface area contributed by atoms with Crippen LogP contribution in [-0.4, -0.2) is 17.6 Å². The molecule has 114 valence electrons. The lowest BCUT2D eigenvalue weighted by Crippen LogP contribution is -2.11. The van der Waals surface area contributed by atoms with Crippen molar-refractivity contribution in [3.8, 4) is 22.3 Å². The van der Waals surface area contributed by atoms with Crippen molar-refractivity contribution in [2.75, 3.05) is 6.61 Å². The number of carbonyl (C=O) groups is 1. The molecule has 0 amide bonds. The molecule has 4 rings (SSSR count). The van der Waals surface area contributed by atoms with Crippen molar-refractivity contribution < 1.29 is 9.53 Å². The van der Waals surface area contributed by atoms with Gasteiger partial charge in [-0.15, -0.1) is 0 Å². The number of hydrogen-bond donors (Lipinski definition) is 0. The highest BCUT2D eigenvalue weighted by Crippen LogP contribution is 2.49. The summed E-state index contributed by atoms with van der Waals surface area (Å²) in [6.45, 7) is 6.09. The second-order valence-corrected chi connectivity index (χ2v) is 5.85. The monoisotopic (exact) mass is 303 g/mol. The third kappa shape index (κ3) is 1.83. The van der Waals surface area contributed by atoms with Crippen LogP contribution in [0.3, 0.4) is 0 Å². The van der Waals surface area contributed by atoms with E-state index in [0.717, 1.165) is 22.4 Å². The van der Waals surface area contributed by atoms with E-state index in [4.69, 9.17) is 4.74 Å². The number of pyridine rings is 1. The first kappa shape index (κ1) is 13.9. The van der Waals surface area contributed by atoms with E-state index in [1.54, 1.807) is 0 Å². The molecule has 1 aliphatic rings. The summed E-state index contributed by atoms with van der Waals surface area (Å²) in [7, 11) is 0. The second-order valence-electron chi connectivity index (χ2n) is 5.85. The van der Waals surface area contributed by atoms with Crippen molar-refractivity contribution in [2.45, 2.75) is 20.8 Å². The van der Waals surface area contributed by atoms with Crippen LogP contribution in [0.5, 0.6) is 0 Å². The summed E-state index contributed by atoms with van der Waals surface area (Å²) >= 11 is 0. The zero-order valence-electron chi connectivity index (χ0n) is 13.4. The van der Waals surface area contributed by atoms with Crippen LogP contribution in [0.4, 0.5) is 0 Å². The number of ether oxygens (including phenoxy) is 1. The molecule has 1 heterocycles. The fourth-order valence-electron chi connectivity index (χ4n) is 3.62. The lowest BCUT2D eigenvalue weighted by Gasteiger charge is -2.13. The minimum atomic E-state index is -0.348. The van der Waals surface area contributed by atoms with E-state index < -0.39 is 0 Å². The SMILES string of the molecule is CCOC(=O)c1nc(C)c2c(c1C)-c1cccc3cccc-2c13. The van der Waals surface area contributed by atoms with Crippen molar-refractivity contribution >= 4 is 16.7 Å². The molecule has 0 N–H and O–H groups in total. The van der Waals surface area contributed by atoms with Gasteiger partial charge in [-0.25, -0.2) is 9.78 Å². The van der Waals surface area contributed by atoms with Gasteiger partial charge < -0.3 is 4.74 Å². The maximum Gasteiger partial charge on any atom is 0.357 e. The zero-order valence-corrected chi connectivity index (χ0v) is 13.4. The van der Waals surface area contributed by atoms with Gasteiger partial charge in [0.25, 0.3) is 0 Å². The van der Waals surface area contributed by atoms with Crippen LogP contribution in [0.25, 0.3) is 33.0 Å². The van der Waals surface area contributed by atoms with E-state index in [0.29, 0.717) is 12.3 Å². The normalized spacial score (nSPS) is 11.6. The van der Waals surface area contributed by atoms with Crippen molar-refractivity contribution in [2.24, 2.45) is 0 Å². The molecule has 23 heavy (non-hydrogen) atoms. The Morgan fingerprint density at radius 3 is 2.35 bits per heavy atom. The fraction of sp³-hybridized carbons (Fsp3) is 0.200. The molecule has 0 atom stereocenters. The third-order valence-corrected chi connectivity index (χ3v) is 4.53. The topological polar surface area (TPSA) is 39.2 Å². The average molecular weight is 303 g/mol. The van der Waals surface area contributed by atoms with Gasteiger partial charge in [0.2, 0.25) is 0 Å². The van der Waals surface area contributed by atoms with Crippen LogP contribution in [0.2, 0.25) is 0 Å². The van der Waals surface area contributed by atoms with Gasteiger partial charge in [0.05, 0.1) is 6.61 Å². The molecule has 3 nitrogen and oxygen atoms in total. The highest BCUT2D eigenvalue weighted by Gasteiger charge is 2.28. The van der Waals surface area contributed by atoms with Gasteiger partial charge in [-0.3, -0.25) is 0 Å². The minimum absolute atomic E-state index is 0.348. The molecule has 0 saturated carbocycles. The van der Waals surface area contributed by atoms with E-state index >= 15 is 0 Å². The summed E-state index contributed by atoms with van der Waals surface area (Å²) in [4.78, 5) is 16.8. The Bertz CT molecular complexity index is 968. The summed E-state index contributed by atoms with van der Waals surface area (Å²) in [5.41, 5.74) is 6.84. The number of rotatable bonds is 2. The van der Waals surface area contributed by atoms with Gasteiger partial charge in [0, 0.05) is 11.3 Å². The lowest BCUT2D eigenvalue weighted by atomic mass is 9.97. The van der Waals surface area contributed by atoms with E-state index in [1.807, 2.05) is 20.8 Å². The van der Waals surface area contributed by atoms with Gasteiger partial charge in [0.1, 0.15) is 0 Å². The fourth-order valence-corrected chi connectivity index (χ4v) is 3.62.